The van der Waals surface area contributed by atoms with Crippen LogP contribution in [-0.2, 0) is 18.8 Å². The Morgan fingerprint density at radius 2 is 1.45 bits per heavy atom. The first-order valence-electron chi connectivity index (χ1n) is 13.6. The molecule has 38 heavy (non-hydrogen) atoms. The number of thioether (sulfide) groups is 1. The SMILES string of the molecule is N#CC(C#N)=C1N(CCSCc2ccc(CN3CCCCC3)cc2)CCN1Cc1cccc2ccccc12. The van der Waals surface area contributed by atoms with Crippen molar-refractivity contribution in [2.45, 2.75) is 38.1 Å². The Morgan fingerprint density at radius 3 is 2.24 bits per heavy atom. The summed E-state index contributed by atoms with van der Waals surface area (Å²) in [4.78, 5) is 6.99. The molecule has 0 radical (unpaired) electrons. The van der Waals surface area contributed by atoms with Gasteiger partial charge in [-0.1, -0.05) is 73.2 Å². The number of rotatable bonds is 9. The van der Waals surface area contributed by atoms with Gasteiger partial charge in [0.15, 0.2) is 5.57 Å². The van der Waals surface area contributed by atoms with Gasteiger partial charge in [0.1, 0.15) is 18.0 Å². The van der Waals surface area contributed by atoms with Gasteiger partial charge < -0.3 is 9.80 Å². The van der Waals surface area contributed by atoms with E-state index in [1.807, 2.05) is 11.8 Å². The maximum atomic E-state index is 9.71. The third-order valence-corrected chi connectivity index (χ3v) is 8.59. The van der Waals surface area contributed by atoms with Gasteiger partial charge in [-0.15, -0.1) is 0 Å². The van der Waals surface area contributed by atoms with Crippen molar-refractivity contribution in [2.75, 3.05) is 38.5 Å². The highest BCUT2D eigenvalue weighted by molar-refractivity contribution is 7.98. The van der Waals surface area contributed by atoms with E-state index in [0.29, 0.717) is 6.54 Å². The van der Waals surface area contributed by atoms with E-state index in [1.54, 1.807) is 0 Å². The van der Waals surface area contributed by atoms with Crippen molar-refractivity contribution in [3.63, 3.8) is 0 Å². The quantitative estimate of drug-likeness (QED) is 0.249. The van der Waals surface area contributed by atoms with Crippen molar-refractivity contribution in [1.82, 2.24) is 14.7 Å². The van der Waals surface area contributed by atoms with E-state index < -0.39 is 0 Å². The Hall–Kier alpha value is -3.45. The largest absolute Gasteiger partial charge is 0.354 e. The lowest BCUT2D eigenvalue weighted by molar-refractivity contribution is 0.221. The van der Waals surface area contributed by atoms with E-state index in [1.165, 1.54) is 59.8 Å². The Kier molecular flexibility index (Phi) is 8.86. The molecule has 2 heterocycles. The average Bonchev–Trinajstić information content (AvgIpc) is 3.35. The van der Waals surface area contributed by atoms with Crippen molar-refractivity contribution in [1.29, 1.82) is 10.5 Å². The molecule has 0 unspecified atom stereocenters. The van der Waals surface area contributed by atoms with Gasteiger partial charge in [-0.05, 0) is 53.4 Å². The number of benzene rings is 3. The molecule has 5 nitrogen and oxygen atoms in total. The zero-order valence-electron chi connectivity index (χ0n) is 22.0. The molecule has 0 N–H and O–H groups in total. The Balaban J connectivity index is 1.17. The highest BCUT2D eigenvalue weighted by Gasteiger charge is 2.28. The lowest BCUT2D eigenvalue weighted by Gasteiger charge is -2.26. The van der Waals surface area contributed by atoms with Gasteiger partial charge >= 0.3 is 0 Å². The first-order chi connectivity index (χ1) is 18.7. The number of likely N-dealkylation sites (tertiary alicyclic amines) is 1. The third kappa shape index (κ3) is 6.33. The van der Waals surface area contributed by atoms with Crippen molar-refractivity contribution >= 4 is 22.5 Å². The van der Waals surface area contributed by atoms with Crippen LogP contribution in [0.2, 0.25) is 0 Å². The molecular formula is C32H35N5S. The highest BCUT2D eigenvalue weighted by Crippen LogP contribution is 2.28. The number of hydrogen-bond donors (Lipinski definition) is 0. The summed E-state index contributed by atoms with van der Waals surface area (Å²) in [6.45, 7) is 6.68. The minimum atomic E-state index is 0.206. The fraction of sp³-hybridized carbons (Fsp3) is 0.375. The zero-order chi connectivity index (χ0) is 26.2. The van der Waals surface area contributed by atoms with Crippen LogP contribution in [-0.4, -0.2) is 53.2 Å². The predicted octanol–water partition coefficient (Wildman–Crippen LogP) is 6.14. The molecule has 2 aliphatic rings. The number of fused-ring (bicyclic) bond motifs is 1. The van der Waals surface area contributed by atoms with Crippen LogP contribution < -0.4 is 0 Å². The van der Waals surface area contributed by atoms with Crippen LogP contribution >= 0.6 is 11.8 Å². The molecule has 3 aromatic rings. The Morgan fingerprint density at radius 1 is 0.737 bits per heavy atom. The van der Waals surface area contributed by atoms with E-state index in [4.69, 9.17) is 0 Å². The van der Waals surface area contributed by atoms with Crippen LogP contribution in [0.1, 0.15) is 36.0 Å². The van der Waals surface area contributed by atoms with Crippen LogP contribution in [0.5, 0.6) is 0 Å². The number of nitriles is 2. The molecule has 5 rings (SSSR count). The van der Waals surface area contributed by atoms with Crippen molar-refractivity contribution < 1.29 is 0 Å². The van der Waals surface area contributed by atoms with Crippen LogP contribution in [0.25, 0.3) is 10.8 Å². The summed E-state index contributed by atoms with van der Waals surface area (Å²) in [7, 11) is 0. The van der Waals surface area contributed by atoms with Crippen molar-refractivity contribution in [3.8, 4) is 12.1 Å². The van der Waals surface area contributed by atoms with E-state index in [-0.39, 0.29) is 5.57 Å². The molecule has 0 aromatic heterocycles. The predicted molar refractivity (Wildman–Crippen MR) is 156 cm³/mol. The number of hydrogen-bond acceptors (Lipinski definition) is 6. The fourth-order valence-corrected chi connectivity index (χ4v) is 6.51. The van der Waals surface area contributed by atoms with Gasteiger partial charge in [0, 0.05) is 44.2 Å². The standard InChI is InChI=1S/C32H35N5S/c33-21-30(22-34)32-36(17-18-37(32)24-29-9-6-8-28-7-2-3-10-31(28)29)19-20-38-25-27-13-11-26(12-14-27)23-35-15-4-1-5-16-35/h2-3,6-14H,1,4-5,15-20,23-25H2. The summed E-state index contributed by atoms with van der Waals surface area (Å²) < 4.78 is 0. The van der Waals surface area contributed by atoms with Crippen LogP contribution in [0.3, 0.4) is 0 Å². The molecule has 194 valence electrons. The second kappa shape index (κ2) is 12.9. The monoisotopic (exact) mass is 521 g/mol. The van der Waals surface area contributed by atoms with Gasteiger partial charge in [-0.2, -0.15) is 22.3 Å². The number of allylic oxidation sites excluding steroid dienone is 1. The summed E-state index contributed by atoms with van der Waals surface area (Å²) in [6.07, 6.45) is 4.03. The lowest BCUT2D eigenvalue weighted by atomic mass is 10.0. The molecule has 0 bridgehead atoms. The van der Waals surface area contributed by atoms with Gasteiger partial charge in [-0.25, -0.2) is 0 Å². The minimum Gasteiger partial charge on any atom is -0.354 e. The molecule has 6 heteroatoms. The second-order valence-corrected chi connectivity index (χ2v) is 11.3. The van der Waals surface area contributed by atoms with E-state index >= 15 is 0 Å². The van der Waals surface area contributed by atoms with Crippen LogP contribution in [0.4, 0.5) is 0 Å². The van der Waals surface area contributed by atoms with Crippen molar-refractivity contribution in [2.24, 2.45) is 0 Å². The van der Waals surface area contributed by atoms with Crippen molar-refractivity contribution in [3.05, 3.63) is 94.8 Å². The molecule has 3 aromatic carbocycles. The van der Waals surface area contributed by atoms with E-state index in [0.717, 1.165) is 43.5 Å². The molecule has 0 aliphatic carbocycles. The number of piperidine rings is 1. The summed E-state index contributed by atoms with van der Waals surface area (Å²) in [5, 5.41) is 21.9. The molecule has 0 saturated carbocycles. The molecule has 2 fully saturated rings. The van der Waals surface area contributed by atoms with Crippen LogP contribution in [0.15, 0.2) is 78.1 Å². The van der Waals surface area contributed by atoms with Crippen LogP contribution in [0, 0.1) is 22.7 Å². The Bertz CT molecular complexity index is 1320. The topological polar surface area (TPSA) is 57.3 Å². The zero-order valence-corrected chi connectivity index (χ0v) is 22.8. The minimum absolute atomic E-state index is 0.206. The molecule has 0 amide bonds. The first kappa shape index (κ1) is 26.2. The second-order valence-electron chi connectivity index (χ2n) is 10.2. The van der Waals surface area contributed by atoms with Gasteiger partial charge in [0.05, 0.1) is 0 Å². The van der Waals surface area contributed by atoms with E-state index in [9.17, 15) is 10.5 Å². The van der Waals surface area contributed by atoms with Gasteiger partial charge in [-0.3, -0.25) is 4.90 Å². The maximum absolute atomic E-state index is 9.71. The fourth-order valence-electron chi connectivity index (χ4n) is 5.58. The smallest absolute Gasteiger partial charge is 0.169 e. The summed E-state index contributed by atoms with van der Waals surface area (Å²) >= 11 is 1.91. The highest BCUT2D eigenvalue weighted by atomic mass is 32.2. The lowest BCUT2D eigenvalue weighted by Crippen LogP contribution is -2.29. The molecule has 0 spiro atoms. The molecule has 2 saturated heterocycles. The summed E-state index contributed by atoms with van der Waals surface area (Å²) in [5.41, 5.74) is 4.18. The average molecular weight is 522 g/mol. The summed E-state index contributed by atoms with van der Waals surface area (Å²) in [6, 6.07) is 28.2. The first-order valence-corrected chi connectivity index (χ1v) is 14.8. The normalized spacial score (nSPS) is 16.0. The molecule has 2 aliphatic heterocycles. The molecular weight excluding hydrogens is 486 g/mol. The van der Waals surface area contributed by atoms with E-state index in [2.05, 4.69) is 93.6 Å². The Labute approximate surface area is 230 Å². The van der Waals surface area contributed by atoms with Gasteiger partial charge in [0.2, 0.25) is 0 Å². The number of nitrogens with zero attached hydrogens (tertiary/aromatic N) is 5. The third-order valence-electron chi connectivity index (χ3n) is 7.58. The summed E-state index contributed by atoms with van der Waals surface area (Å²) in [5.74, 6) is 2.70. The maximum Gasteiger partial charge on any atom is 0.169 e. The van der Waals surface area contributed by atoms with Gasteiger partial charge in [0.25, 0.3) is 0 Å². The molecule has 0 atom stereocenters.